The molecule has 1 aromatic carbocycles. The molecule has 0 bridgehead atoms. The maximum absolute atomic E-state index is 13.5. The van der Waals surface area contributed by atoms with Crippen LogP contribution >= 0.6 is 0 Å². The number of rotatable bonds is 4. The summed E-state index contributed by atoms with van der Waals surface area (Å²) in [7, 11) is 1.22. The van der Waals surface area contributed by atoms with E-state index < -0.39 is 59.3 Å². The van der Waals surface area contributed by atoms with Crippen LogP contribution in [0.2, 0.25) is 0 Å². The van der Waals surface area contributed by atoms with E-state index in [1.807, 2.05) is 0 Å². The van der Waals surface area contributed by atoms with Crippen LogP contribution in [0.25, 0.3) is 0 Å². The van der Waals surface area contributed by atoms with Crippen LogP contribution in [0.4, 0.5) is 0 Å². The average molecular weight is 462 g/mol. The Balaban J connectivity index is 1.57. The molecule has 1 aliphatic carbocycles. The quantitative estimate of drug-likeness (QED) is 0.509. The molecule has 3 aliphatic rings. The van der Waals surface area contributed by atoms with E-state index in [4.69, 9.17) is 23.7 Å². The van der Waals surface area contributed by atoms with Gasteiger partial charge in [0.1, 0.15) is 18.3 Å². The van der Waals surface area contributed by atoms with Crippen molar-refractivity contribution in [3.63, 3.8) is 0 Å². The molecule has 4 rings (SSSR count). The summed E-state index contributed by atoms with van der Waals surface area (Å²) in [5.41, 5.74) is -1.85. The van der Waals surface area contributed by atoms with Gasteiger partial charge >= 0.3 is 17.9 Å². The van der Waals surface area contributed by atoms with E-state index in [2.05, 4.69) is 0 Å². The first-order valence-corrected chi connectivity index (χ1v) is 10.8. The molecule has 0 unspecified atom stereocenters. The van der Waals surface area contributed by atoms with Crippen molar-refractivity contribution in [3.05, 3.63) is 35.9 Å². The van der Waals surface area contributed by atoms with Crippen molar-refractivity contribution in [2.75, 3.05) is 13.7 Å². The molecule has 178 valence electrons. The zero-order chi connectivity index (χ0) is 23.8. The van der Waals surface area contributed by atoms with Gasteiger partial charge in [0.2, 0.25) is 11.6 Å². The summed E-state index contributed by atoms with van der Waals surface area (Å²) in [6.07, 6.45) is -3.13. The van der Waals surface area contributed by atoms with Crippen molar-refractivity contribution >= 4 is 23.7 Å². The third-order valence-electron chi connectivity index (χ3n) is 6.42. The maximum Gasteiger partial charge on any atom is 0.338 e. The molecule has 1 aromatic rings. The number of methoxy groups -OCH3 is 1. The maximum atomic E-state index is 13.5. The summed E-state index contributed by atoms with van der Waals surface area (Å²) >= 11 is 0. The van der Waals surface area contributed by atoms with Gasteiger partial charge in [-0.25, -0.2) is 4.79 Å². The molecule has 2 aliphatic heterocycles. The zero-order valence-corrected chi connectivity index (χ0v) is 18.4. The van der Waals surface area contributed by atoms with Gasteiger partial charge in [0.25, 0.3) is 0 Å². The van der Waals surface area contributed by atoms with Crippen molar-refractivity contribution in [2.45, 2.75) is 62.3 Å². The van der Waals surface area contributed by atoms with Gasteiger partial charge in [-0.2, -0.15) is 0 Å². The number of fused-ring (bicyclic) bond motifs is 1. The monoisotopic (exact) mass is 462 g/mol. The van der Waals surface area contributed by atoms with Gasteiger partial charge in [-0.1, -0.05) is 18.2 Å². The van der Waals surface area contributed by atoms with Crippen LogP contribution in [0.5, 0.6) is 0 Å². The van der Waals surface area contributed by atoms with Crippen LogP contribution in [0.3, 0.4) is 0 Å². The Hall–Kier alpha value is -2.82. The molecule has 10 nitrogen and oxygen atoms in total. The van der Waals surface area contributed by atoms with Crippen molar-refractivity contribution in [1.29, 1.82) is 0 Å². The molecule has 6 atom stereocenters. The summed E-state index contributed by atoms with van der Waals surface area (Å²) in [6.45, 7) is 1.19. The third kappa shape index (κ3) is 4.14. The summed E-state index contributed by atoms with van der Waals surface area (Å²) in [6, 6.07) is 8.41. The zero-order valence-electron chi connectivity index (χ0n) is 18.4. The van der Waals surface area contributed by atoms with Crippen LogP contribution in [0.1, 0.15) is 43.0 Å². The van der Waals surface area contributed by atoms with Gasteiger partial charge in [-0.3, -0.25) is 14.4 Å². The number of carbonyl (C=O) groups excluding carboxylic acids is 4. The fourth-order valence-electron chi connectivity index (χ4n) is 4.85. The largest absolute Gasteiger partial charge is 0.469 e. The molecule has 1 saturated carbocycles. The Labute approximate surface area is 190 Å². The van der Waals surface area contributed by atoms with Crippen LogP contribution in [-0.2, 0) is 38.1 Å². The number of hydrogen-bond acceptors (Lipinski definition) is 10. The molecule has 10 heteroatoms. The Morgan fingerprint density at radius 3 is 2.52 bits per heavy atom. The van der Waals surface area contributed by atoms with Crippen molar-refractivity contribution < 1.29 is 48.0 Å². The van der Waals surface area contributed by atoms with Gasteiger partial charge in [-0.15, -0.1) is 0 Å². The molecular formula is C23H26O10. The van der Waals surface area contributed by atoms with E-state index in [-0.39, 0.29) is 25.9 Å². The second-order valence-corrected chi connectivity index (χ2v) is 8.54. The lowest BCUT2D eigenvalue weighted by Crippen LogP contribution is -2.62. The van der Waals surface area contributed by atoms with Crippen LogP contribution in [0.15, 0.2) is 30.3 Å². The van der Waals surface area contributed by atoms with Crippen LogP contribution in [0, 0.1) is 5.92 Å². The first kappa shape index (κ1) is 23.3. The number of esters is 3. The lowest BCUT2D eigenvalue weighted by molar-refractivity contribution is -0.257. The second-order valence-electron chi connectivity index (χ2n) is 8.54. The number of ketones is 1. The van der Waals surface area contributed by atoms with Gasteiger partial charge in [-0.05, 0) is 18.6 Å². The molecule has 0 radical (unpaired) electrons. The average Bonchev–Trinajstić information content (AvgIpc) is 3.00. The van der Waals surface area contributed by atoms with Gasteiger partial charge in [0.15, 0.2) is 5.60 Å². The first-order chi connectivity index (χ1) is 15.7. The Kier molecular flexibility index (Phi) is 6.26. The van der Waals surface area contributed by atoms with E-state index in [0.717, 1.165) is 6.92 Å². The Morgan fingerprint density at radius 2 is 1.85 bits per heavy atom. The number of ether oxygens (including phenoxy) is 5. The number of hydrogen-bond donors (Lipinski definition) is 1. The number of Topliss-reactive ketones (excluding diaryl/α,β-unsaturated/α-hetero) is 1. The summed E-state index contributed by atoms with van der Waals surface area (Å²) in [4.78, 5) is 49.9. The molecule has 1 spiro atoms. The fourth-order valence-corrected chi connectivity index (χ4v) is 4.85. The summed E-state index contributed by atoms with van der Waals surface area (Å²) in [5, 5.41) is 11.4. The molecule has 0 amide bonds. The third-order valence-corrected chi connectivity index (χ3v) is 6.42. The van der Waals surface area contributed by atoms with E-state index >= 15 is 0 Å². The second kappa shape index (κ2) is 8.85. The highest BCUT2D eigenvalue weighted by Crippen LogP contribution is 2.49. The Bertz CT molecular complexity index is 946. The summed E-state index contributed by atoms with van der Waals surface area (Å²) < 4.78 is 27.3. The predicted molar refractivity (Wildman–Crippen MR) is 109 cm³/mol. The molecule has 3 fully saturated rings. The standard InChI is InChI=1S/C23H26O10/c1-13(24)31-17-10-15(19(25)29-2)11-18-23(17,28)21(27)22(33-18)12-16(8-9-30-22)32-20(26)14-6-4-3-5-7-14/h3-7,15-18,28H,8-12H2,1-2H3/t15-,16+,17-,18+,22-,23+/m0/s1. The Morgan fingerprint density at radius 1 is 1.12 bits per heavy atom. The first-order valence-electron chi connectivity index (χ1n) is 10.8. The highest BCUT2D eigenvalue weighted by atomic mass is 16.7. The highest BCUT2D eigenvalue weighted by molar-refractivity contribution is 5.97. The van der Waals surface area contributed by atoms with Crippen LogP contribution in [-0.4, -0.2) is 72.2 Å². The smallest absolute Gasteiger partial charge is 0.338 e. The predicted octanol–water partition coefficient (Wildman–Crippen LogP) is 0.932. The normalized spacial score (nSPS) is 35.5. The molecule has 0 aromatic heterocycles. The lowest BCUT2D eigenvalue weighted by Gasteiger charge is -2.40. The number of aliphatic hydroxyl groups is 1. The van der Waals surface area contributed by atoms with Crippen molar-refractivity contribution in [1.82, 2.24) is 0 Å². The molecule has 1 N–H and O–H groups in total. The van der Waals surface area contributed by atoms with E-state index in [9.17, 15) is 24.3 Å². The molecule has 2 heterocycles. The topological polar surface area (TPSA) is 135 Å². The van der Waals surface area contributed by atoms with Crippen molar-refractivity contribution in [2.24, 2.45) is 5.92 Å². The minimum atomic E-state index is -2.21. The number of carbonyl (C=O) groups is 4. The number of benzene rings is 1. The van der Waals surface area contributed by atoms with E-state index in [1.165, 1.54) is 7.11 Å². The lowest BCUT2D eigenvalue weighted by atomic mass is 9.72. The van der Waals surface area contributed by atoms with Crippen molar-refractivity contribution in [3.8, 4) is 0 Å². The van der Waals surface area contributed by atoms with Gasteiger partial charge in [0, 0.05) is 26.2 Å². The highest BCUT2D eigenvalue weighted by Gasteiger charge is 2.71. The molecule has 2 saturated heterocycles. The van der Waals surface area contributed by atoms with Gasteiger partial charge in [0.05, 0.1) is 25.2 Å². The molecular weight excluding hydrogens is 436 g/mol. The molecule has 33 heavy (non-hydrogen) atoms. The van der Waals surface area contributed by atoms with Gasteiger partial charge < -0.3 is 28.8 Å². The SMILES string of the molecule is COC(=O)[C@H]1C[C@H](OC(C)=O)[C@]2(O)C(=O)[C@]3(C[C@H](OC(=O)c4ccccc4)CCO3)O[C@@H]2C1. The summed E-state index contributed by atoms with van der Waals surface area (Å²) in [5.74, 6) is -5.28. The minimum Gasteiger partial charge on any atom is -0.469 e. The van der Waals surface area contributed by atoms with E-state index in [0.29, 0.717) is 12.0 Å². The fraction of sp³-hybridized carbons (Fsp3) is 0.565. The van der Waals surface area contributed by atoms with E-state index in [1.54, 1.807) is 30.3 Å². The minimum absolute atomic E-state index is 0.0216. The van der Waals surface area contributed by atoms with Crippen LogP contribution < -0.4 is 0 Å².